The summed E-state index contributed by atoms with van der Waals surface area (Å²) in [6, 6.07) is 7.83. The SMILES string of the molecule is Clc1cccc(C2=C[C@@H]3CCC=C[C@@H]3O2)c1. The lowest BCUT2D eigenvalue weighted by molar-refractivity contribution is 0.187. The maximum Gasteiger partial charge on any atom is 0.123 e. The lowest BCUT2D eigenvalue weighted by Crippen LogP contribution is -2.16. The van der Waals surface area contributed by atoms with E-state index < -0.39 is 0 Å². The molecule has 0 spiro atoms. The Morgan fingerprint density at radius 2 is 2.25 bits per heavy atom. The first-order valence-corrected chi connectivity index (χ1v) is 6.02. The molecular formula is C14H13ClO. The molecule has 1 aliphatic heterocycles. The Labute approximate surface area is 100 Å². The number of fused-ring (bicyclic) bond motifs is 1. The van der Waals surface area contributed by atoms with Crippen LogP contribution in [0, 0.1) is 5.92 Å². The quantitative estimate of drug-likeness (QED) is 0.664. The first-order chi connectivity index (χ1) is 7.83. The largest absolute Gasteiger partial charge is 0.485 e. The molecule has 0 aromatic heterocycles. The number of hydrogen-bond donors (Lipinski definition) is 0. The summed E-state index contributed by atoms with van der Waals surface area (Å²) in [5, 5.41) is 0.757. The molecule has 2 heteroatoms. The number of benzene rings is 1. The zero-order chi connectivity index (χ0) is 11.0. The van der Waals surface area contributed by atoms with Crippen LogP contribution in [-0.4, -0.2) is 6.10 Å². The van der Waals surface area contributed by atoms with E-state index in [-0.39, 0.29) is 6.10 Å². The molecule has 1 aliphatic carbocycles. The van der Waals surface area contributed by atoms with Crippen LogP contribution in [0.2, 0.25) is 5.02 Å². The number of rotatable bonds is 1. The Morgan fingerprint density at radius 1 is 1.31 bits per heavy atom. The van der Waals surface area contributed by atoms with E-state index in [2.05, 4.69) is 18.2 Å². The van der Waals surface area contributed by atoms with E-state index >= 15 is 0 Å². The van der Waals surface area contributed by atoms with Gasteiger partial charge in [0.05, 0.1) is 0 Å². The van der Waals surface area contributed by atoms with Gasteiger partial charge in [0.25, 0.3) is 0 Å². The minimum atomic E-state index is 0.239. The minimum absolute atomic E-state index is 0.239. The average molecular weight is 233 g/mol. The number of halogens is 1. The van der Waals surface area contributed by atoms with Gasteiger partial charge in [0.1, 0.15) is 11.9 Å². The van der Waals surface area contributed by atoms with Crippen LogP contribution in [0.1, 0.15) is 18.4 Å². The van der Waals surface area contributed by atoms with Crippen LogP contribution in [0.15, 0.2) is 42.5 Å². The van der Waals surface area contributed by atoms with Crippen LogP contribution in [0.3, 0.4) is 0 Å². The van der Waals surface area contributed by atoms with Gasteiger partial charge in [0.2, 0.25) is 0 Å². The molecule has 0 amide bonds. The third-order valence-electron chi connectivity index (χ3n) is 3.15. The zero-order valence-corrected chi connectivity index (χ0v) is 9.65. The van der Waals surface area contributed by atoms with Gasteiger partial charge in [0.15, 0.2) is 0 Å². The molecule has 3 rings (SSSR count). The number of hydrogen-bond acceptors (Lipinski definition) is 1. The van der Waals surface area contributed by atoms with Crippen LogP contribution in [0.4, 0.5) is 0 Å². The molecule has 1 aromatic rings. The van der Waals surface area contributed by atoms with Gasteiger partial charge >= 0.3 is 0 Å². The molecule has 0 saturated carbocycles. The third-order valence-corrected chi connectivity index (χ3v) is 3.39. The van der Waals surface area contributed by atoms with Crippen molar-refractivity contribution in [2.75, 3.05) is 0 Å². The molecule has 82 valence electrons. The Kier molecular flexibility index (Phi) is 2.49. The van der Waals surface area contributed by atoms with E-state index in [1.165, 1.54) is 6.42 Å². The topological polar surface area (TPSA) is 9.23 Å². The van der Waals surface area contributed by atoms with Crippen LogP contribution in [-0.2, 0) is 4.74 Å². The summed E-state index contributed by atoms with van der Waals surface area (Å²) in [4.78, 5) is 0. The second-order valence-corrected chi connectivity index (χ2v) is 4.73. The third kappa shape index (κ3) is 1.76. The minimum Gasteiger partial charge on any atom is -0.485 e. The molecule has 0 fully saturated rings. The molecule has 16 heavy (non-hydrogen) atoms. The van der Waals surface area contributed by atoms with Gasteiger partial charge in [-0.25, -0.2) is 0 Å². The molecule has 0 unspecified atom stereocenters. The second-order valence-electron chi connectivity index (χ2n) is 4.29. The van der Waals surface area contributed by atoms with E-state index in [1.807, 2.05) is 24.3 Å². The predicted molar refractivity (Wildman–Crippen MR) is 66.2 cm³/mol. The fourth-order valence-electron chi connectivity index (χ4n) is 2.32. The van der Waals surface area contributed by atoms with Gasteiger partial charge in [-0.1, -0.05) is 29.8 Å². The van der Waals surface area contributed by atoms with Crippen LogP contribution < -0.4 is 0 Å². The first-order valence-electron chi connectivity index (χ1n) is 5.64. The molecular weight excluding hydrogens is 220 g/mol. The van der Waals surface area contributed by atoms with Crippen molar-refractivity contribution in [3.63, 3.8) is 0 Å². The first kappa shape index (κ1) is 9.98. The highest BCUT2D eigenvalue weighted by atomic mass is 35.5. The highest BCUT2D eigenvalue weighted by Gasteiger charge is 2.29. The average Bonchev–Trinajstić information content (AvgIpc) is 2.72. The fourth-order valence-corrected chi connectivity index (χ4v) is 2.51. The molecule has 1 aromatic carbocycles. The lowest BCUT2D eigenvalue weighted by atomic mass is 9.92. The summed E-state index contributed by atoms with van der Waals surface area (Å²) >= 11 is 5.98. The van der Waals surface area contributed by atoms with Crippen molar-refractivity contribution in [1.82, 2.24) is 0 Å². The summed E-state index contributed by atoms with van der Waals surface area (Å²) in [6.45, 7) is 0. The predicted octanol–water partition coefficient (Wildman–Crippen LogP) is 4.05. The highest BCUT2D eigenvalue weighted by molar-refractivity contribution is 6.30. The Bertz CT molecular complexity index is 462. The van der Waals surface area contributed by atoms with Gasteiger partial charge in [-0.3, -0.25) is 0 Å². The zero-order valence-electron chi connectivity index (χ0n) is 8.90. The number of allylic oxidation sites excluding steroid dienone is 1. The van der Waals surface area contributed by atoms with Crippen molar-refractivity contribution in [3.05, 3.63) is 53.1 Å². The van der Waals surface area contributed by atoms with Crippen LogP contribution in [0.5, 0.6) is 0 Å². The summed E-state index contributed by atoms with van der Waals surface area (Å²) in [7, 11) is 0. The maximum absolute atomic E-state index is 5.98. The van der Waals surface area contributed by atoms with Crippen molar-refractivity contribution >= 4 is 17.4 Å². The van der Waals surface area contributed by atoms with Crippen LogP contribution >= 0.6 is 11.6 Å². The molecule has 0 saturated heterocycles. The van der Waals surface area contributed by atoms with Crippen molar-refractivity contribution < 1.29 is 4.74 Å². The van der Waals surface area contributed by atoms with Gasteiger partial charge in [-0.05, 0) is 37.1 Å². The second kappa shape index (κ2) is 3.99. The molecule has 0 N–H and O–H groups in total. The van der Waals surface area contributed by atoms with Gasteiger partial charge in [0, 0.05) is 16.5 Å². The smallest absolute Gasteiger partial charge is 0.123 e. The Hall–Kier alpha value is -1.21. The van der Waals surface area contributed by atoms with E-state index in [0.717, 1.165) is 22.8 Å². The van der Waals surface area contributed by atoms with Crippen molar-refractivity contribution in [2.45, 2.75) is 18.9 Å². The normalized spacial score (nSPS) is 27.2. The van der Waals surface area contributed by atoms with E-state index in [9.17, 15) is 0 Å². The van der Waals surface area contributed by atoms with Crippen molar-refractivity contribution in [2.24, 2.45) is 5.92 Å². The monoisotopic (exact) mass is 232 g/mol. The maximum atomic E-state index is 5.98. The summed E-state index contributed by atoms with van der Waals surface area (Å²) in [5.41, 5.74) is 1.08. The lowest BCUT2D eigenvalue weighted by Gasteiger charge is -2.18. The Morgan fingerprint density at radius 3 is 3.06 bits per heavy atom. The molecule has 2 aliphatic rings. The van der Waals surface area contributed by atoms with Crippen LogP contribution in [0.25, 0.3) is 5.76 Å². The fraction of sp³-hybridized carbons (Fsp3) is 0.286. The van der Waals surface area contributed by atoms with Gasteiger partial charge in [-0.2, -0.15) is 0 Å². The van der Waals surface area contributed by atoms with Gasteiger partial charge < -0.3 is 4.74 Å². The highest BCUT2D eigenvalue weighted by Crippen LogP contribution is 2.36. The molecule has 1 heterocycles. The summed E-state index contributed by atoms with van der Waals surface area (Å²) in [5.74, 6) is 1.52. The molecule has 1 nitrogen and oxygen atoms in total. The Balaban J connectivity index is 1.90. The summed E-state index contributed by atoms with van der Waals surface area (Å²) in [6.07, 6.45) is 9.19. The molecule has 0 radical (unpaired) electrons. The van der Waals surface area contributed by atoms with E-state index in [1.54, 1.807) is 0 Å². The molecule has 2 atom stereocenters. The van der Waals surface area contributed by atoms with E-state index in [0.29, 0.717) is 5.92 Å². The summed E-state index contributed by atoms with van der Waals surface area (Å²) < 4.78 is 5.92. The van der Waals surface area contributed by atoms with E-state index in [4.69, 9.17) is 16.3 Å². The molecule has 0 bridgehead atoms. The van der Waals surface area contributed by atoms with Crippen molar-refractivity contribution in [1.29, 1.82) is 0 Å². The van der Waals surface area contributed by atoms with Crippen molar-refractivity contribution in [3.8, 4) is 0 Å². The van der Waals surface area contributed by atoms with Gasteiger partial charge in [-0.15, -0.1) is 0 Å². The number of ether oxygens (including phenoxy) is 1. The standard InChI is InChI=1S/C14H13ClO/c15-12-6-3-5-10(8-12)14-9-11-4-1-2-7-13(11)16-14/h2-3,5-9,11,13H,1,4H2/t11-,13-/m0/s1.